The van der Waals surface area contributed by atoms with E-state index in [1.807, 2.05) is 6.92 Å². The highest BCUT2D eigenvalue weighted by molar-refractivity contribution is 8.61. The molecule has 0 radical (unpaired) electrons. The van der Waals surface area contributed by atoms with Gasteiger partial charge in [-0.25, -0.2) is 4.79 Å². The van der Waals surface area contributed by atoms with Crippen LogP contribution >= 0.6 is 18.0 Å². The first-order chi connectivity index (χ1) is 18.0. The van der Waals surface area contributed by atoms with Crippen molar-refractivity contribution < 1.29 is 28.8 Å². The second kappa shape index (κ2) is 22.7. The molecule has 3 atom stereocenters. The molecule has 1 fully saturated rings. The molecule has 37 heavy (non-hydrogen) atoms. The highest BCUT2D eigenvalue weighted by atomic mass is 32.7. The van der Waals surface area contributed by atoms with Crippen LogP contribution in [0.2, 0.25) is 0 Å². The molecule has 0 heterocycles. The largest absolute Gasteiger partial charge is 0.434 e. The zero-order chi connectivity index (χ0) is 27.2. The van der Waals surface area contributed by atoms with Gasteiger partial charge in [0.25, 0.3) is 0 Å². The van der Waals surface area contributed by atoms with Gasteiger partial charge in [-0.1, -0.05) is 134 Å². The summed E-state index contributed by atoms with van der Waals surface area (Å²) < 4.78 is 24.7. The van der Waals surface area contributed by atoms with E-state index in [-0.39, 0.29) is 12.7 Å². The molecule has 0 bridgehead atoms. The predicted octanol–water partition coefficient (Wildman–Crippen LogP) is 10.6. The highest BCUT2D eigenvalue weighted by Crippen LogP contribution is 2.61. The van der Waals surface area contributed by atoms with Gasteiger partial charge in [-0.2, -0.15) is 5.26 Å². The van der Waals surface area contributed by atoms with Gasteiger partial charge in [0.05, 0.1) is 12.7 Å². The highest BCUT2D eigenvalue weighted by Gasteiger charge is 2.37. The van der Waals surface area contributed by atoms with E-state index in [4.69, 9.17) is 14.5 Å². The average Bonchev–Trinajstić information content (AvgIpc) is 3.19. The first kappa shape index (κ1) is 35.0. The molecule has 3 unspecified atom stereocenters. The molecule has 1 aliphatic rings. The quantitative estimate of drug-likeness (QED) is 0.0434. The van der Waals surface area contributed by atoms with Crippen molar-refractivity contribution in [3.05, 3.63) is 0 Å². The van der Waals surface area contributed by atoms with Crippen LogP contribution in [0.1, 0.15) is 143 Å². The monoisotopic (exact) mass is 564 g/mol. The number of carbonyl (C=O) groups is 1. The van der Waals surface area contributed by atoms with Crippen LogP contribution in [-0.4, -0.2) is 36.0 Å². The minimum atomic E-state index is -3.84. The standard InChI is InChI=1S/C29H57O6PS/c1-4-6-8-9-10-11-14-18-23-33-26(3)25-34-36(32,29(30)35-31)37-24-22-28(19-15-7-5-2)27-20-16-12-13-17-21-27/h26-28,31H,4-25H2,1-3H3. The average molecular weight is 565 g/mol. The molecule has 0 aromatic rings. The molecule has 0 saturated heterocycles. The van der Waals surface area contributed by atoms with Crippen LogP contribution in [0.25, 0.3) is 0 Å². The lowest BCUT2D eigenvalue weighted by Gasteiger charge is -2.27. The van der Waals surface area contributed by atoms with E-state index in [0.717, 1.165) is 36.6 Å². The van der Waals surface area contributed by atoms with Gasteiger partial charge in [0.1, 0.15) is 0 Å². The summed E-state index contributed by atoms with van der Waals surface area (Å²) in [6, 6.07) is 0. The molecule has 1 N–H and O–H groups in total. The van der Waals surface area contributed by atoms with E-state index in [1.165, 1.54) is 103 Å². The molecule has 0 aliphatic heterocycles. The molecular formula is C29H57O6PS. The number of unbranched alkanes of at least 4 members (excludes halogenated alkanes) is 9. The topological polar surface area (TPSA) is 82.1 Å². The lowest BCUT2D eigenvalue weighted by molar-refractivity contribution is -0.168. The van der Waals surface area contributed by atoms with Crippen LogP contribution in [0.4, 0.5) is 4.79 Å². The Morgan fingerprint density at radius 2 is 1.49 bits per heavy atom. The molecule has 8 heteroatoms. The van der Waals surface area contributed by atoms with Gasteiger partial charge in [-0.3, -0.25) is 9.45 Å². The smallest absolute Gasteiger partial charge is 0.376 e. The van der Waals surface area contributed by atoms with Crippen molar-refractivity contribution in [2.75, 3.05) is 19.0 Å². The molecule has 1 saturated carbocycles. The summed E-state index contributed by atoms with van der Waals surface area (Å²) in [4.78, 5) is 16.1. The molecule has 1 aliphatic carbocycles. The third-order valence-electron chi connectivity index (χ3n) is 7.68. The van der Waals surface area contributed by atoms with Gasteiger partial charge >= 0.3 is 12.3 Å². The van der Waals surface area contributed by atoms with E-state index < -0.39 is 12.3 Å². The van der Waals surface area contributed by atoms with Crippen LogP contribution in [-0.2, 0) is 18.7 Å². The Kier molecular flexibility index (Phi) is 21.5. The molecule has 0 aromatic heterocycles. The fourth-order valence-electron chi connectivity index (χ4n) is 5.34. The Bertz CT molecular complexity index is 597. The summed E-state index contributed by atoms with van der Waals surface area (Å²) in [5.41, 5.74) is -1.18. The molecule has 0 spiro atoms. The van der Waals surface area contributed by atoms with E-state index in [0.29, 0.717) is 18.3 Å². The van der Waals surface area contributed by atoms with Crippen molar-refractivity contribution in [1.82, 2.24) is 0 Å². The van der Waals surface area contributed by atoms with E-state index in [1.54, 1.807) is 0 Å². The molecule has 6 nitrogen and oxygen atoms in total. The number of ether oxygens (including phenoxy) is 1. The molecular weight excluding hydrogens is 507 g/mol. The zero-order valence-corrected chi connectivity index (χ0v) is 25.8. The summed E-state index contributed by atoms with van der Waals surface area (Å²) in [6.07, 6.45) is 23.2. The van der Waals surface area contributed by atoms with Crippen LogP contribution in [0.3, 0.4) is 0 Å². The summed E-state index contributed by atoms with van der Waals surface area (Å²) in [5, 5.41) is 8.97. The Labute approximate surface area is 231 Å². The van der Waals surface area contributed by atoms with Crippen LogP contribution < -0.4 is 0 Å². The van der Waals surface area contributed by atoms with Gasteiger partial charge in [0.15, 0.2) is 0 Å². The van der Waals surface area contributed by atoms with E-state index >= 15 is 0 Å². The second-order valence-corrected chi connectivity index (χ2v) is 15.4. The van der Waals surface area contributed by atoms with E-state index in [9.17, 15) is 9.36 Å². The number of hydrogen-bond donors (Lipinski definition) is 1. The normalized spacial score (nSPS) is 18.2. The minimum absolute atomic E-state index is 0.0406. The molecule has 0 aromatic carbocycles. The van der Waals surface area contributed by atoms with Crippen LogP contribution in [0.5, 0.6) is 0 Å². The van der Waals surface area contributed by atoms with Crippen molar-refractivity contribution in [3.63, 3.8) is 0 Å². The Balaban J connectivity index is 2.43. The van der Waals surface area contributed by atoms with Crippen molar-refractivity contribution >= 4 is 23.7 Å². The van der Waals surface area contributed by atoms with Crippen molar-refractivity contribution in [1.29, 1.82) is 0 Å². The number of carbonyl (C=O) groups excluding carboxylic acids is 1. The molecule has 1 rings (SSSR count). The van der Waals surface area contributed by atoms with Gasteiger partial charge < -0.3 is 9.26 Å². The zero-order valence-electron chi connectivity index (χ0n) is 24.1. The summed E-state index contributed by atoms with van der Waals surface area (Å²) in [6.45, 7) is 3.15. The second-order valence-electron chi connectivity index (χ2n) is 10.9. The van der Waals surface area contributed by atoms with Crippen LogP contribution in [0.15, 0.2) is 0 Å². The predicted molar refractivity (Wildman–Crippen MR) is 157 cm³/mol. The summed E-state index contributed by atoms with van der Waals surface area (Å²) in [5.74, 6) is 1.87. The van der Waals surface area contributed by atoms with Crippen LogP contribution in [0, 0.1) is 11.8 Å². The number of rotatable bonds is 23. The Hall–Kier alpha value is -0.0700. The van der Waals surface area contributed by atoms with Gasteiger partial charge in [-0.05, 0) is 31.6 Å². The van der Waals surface area contributed by atoms with E-state index in [2.05, 4.69) is 18.7 Å². The molecule has 0 amide bonds. The third-order valence-corrected chi connectivity index (χ3v) is 11.8. The fraction of sp³-hybridized carbons (Fsp3) is 0.966. The van der Waals surface area contributed by atoms with Gasteiger partial charge in [-0.15, -0.1) is 0 Å². The maximum atomic E-state index is 13.3. The first-order valence-corrected chi connectivity index (χ1v) is 18.5. The third kappa shape index (κ3) is 16.6. The van der Waals surface area contributed by atoms with Crippen molar-refractivity contribution in [3.8, 4) is 0 Å². The van der Waals surface area contributed by atoms with Crippen molar-refractivity contribution in [2.45, 2.75) is 149 Å². The summed E-state index contributed by atoms with van der Waals surface area (Å²) >= 11 is 1.02. The van der Waals surface area contributed by atoms with Gasteiger partial charge in [0.2, 0.25) is 0 Å². The Morgan fingerprint density at radius 3 is 2.11 bits per heavy atom. The number of hydrogen-bond acceptors (Lipinski definition) is 7. The SMILES string of the molecule is CCCCCCCCCCOC(C)COP(=O)(SCCC(CCCCC)C1CCCCCC1)C(=O)OO. The fourth-order valence-corrected chi connectivity index (χ4v) is 8.64. The lowest BCUT2D eigenvalue weighted by Crippen LogP contribution is -2.18. The van der Waals surface area contributed by atoms with Gasteiger partial charge in [0, 0.05) is 12.4 Å². The maximum absolute atomic E-state index is 13.3. The van der Waals surface area contributed by atoms with Crippen molar-refractivity contribution in [2.24, 2.45) is 11.8 Å². The molecule has 220 valence electrons. The maximum Gasteiger partial charge on any atom is 0.434 e. The first-order valence-electron chi connectivity index (χ1n) is 15.3. The Morgan fingerprint density at radius 1 is 0.892 bits per heavy atom. The minimum Gasteiger partial charge on any atom is -0.376 e. The lowest BCUT2D eigenvalue weighted by atomic mass is 9.81. The summed E-state index contributed by atoms with van der Waals surface area (Å²) in [7, 11) is 0.